The second kappa shape index (κ2) is 11.2. The van der Waals surface area contributed by atoms with Gasteiger partial charge in [0.05, 0.1) is 7.11 Å². The van der Waals surface area contributed by atoms with Crippen LogP contribution < -0.4 is 4.74 Å². The van der Waals surface area contributed by atoms with Gasteiger partial charge in [-0.25, -0.2) is 0 Å². The molecule has 0 unspecified atom stereocenters. The minimum absolute atomic E-state index is 0.0196. The maximum Gasteiger partial charge on any atom is 0.195 e. The molecule has 0 heterocycles. The summed E-state index contributed by atoms with van der Waals surface area (Å²) in [4.78, 5) is 14.4. The van der Waals surface area contributed by atoms with E-state index < -0.39 is 0 Å². The van der Waals surface area contributed by atoms with E-state index in [4.69, 9.17) is 4.74 Å². The van der Waals surface area contributed by atoms with Gasteiger partial charge in [0.2, 0.25) is 0 Å². The summed E-state index contributed by atoms with van der Waals surface area (Å²) in [6.07, 6.45) is 0. The van der Waals surface area contributed by atoms with Crippen LogP contribution in [0.3, 0.4) is 0 Å². The van der Waals surface area contributed by atoms with E-state index in [9.17, 15) is 4.79 Å². The third-order valence-corrected chi connectivity index (χ3v) is 7.01. The minimum Gasteiger partial charge on any atom is -0.497 e. The third kappa shape index (κ3) is 4.89. The van der Waals surface area contributed by atoms with E-state index >= 15 is 0 Å². The van der Waals surface area contributed by atoms with E-state index in [0.29, 0.717) is 11.1 Å². The molecule has 0 atom stereocenters. The highest BCUT2D eigenvalue weighted by Gasteiger charge is 2.35. The maximum atomic E-state index is 14.4. The summed E-state index contributed by atoms with van der Waals surface area (Å²) >= 11 is 0. The van der Waals surface area contributed by atoms with Crippen LogP contribution in [0.4, 0.5) is 0 Å². The maximum absolute atomic E-state index is 14.4. The van der Waals surface area contributed by atoms with Crippen LogP contribution in [0.2, 0.25) is 0 Å². The molecule has 2 heteroatoms. The fourth-order valence-electron chi connectivity index (χ4n) is 5.08. The molecule has 5 aromatic rings. The molecule has 0 N–H and O–H groups in total. The number of rotatable bonds is 5. The third-order valence-electron chi connectivity index (χ3n) is 7.01. The largest absolute Gasteiger partial charge is 0.497 e. The van der Waals surface area contributed by atoms with Crippen LogP contribution in [0.15, 0.2) is 140 Å². The molecular formula is C38H26O2. The lowest BCUT2D eigenvalue weighted by molar-refractivity contribution is -0.108. The Morgan fingerprint density at radius 2 is 0.800 bits per heavy atom. The zero-order chi connectivity index (χ0) is 27.3. The van der Waals surface area contributed by atoms with Gasteiger partial charge in [0.15, 0.2) is 5.78 Å². The smallest absolute Gasteiger partial charge is 0.195 e. The molecule has 0 fully saturated rings. The fourth-order valence-corrected chi connectivity index (χ4v) is 5.08. The average molecular weight is 515 g/mol. The van der Waals surface area contributed by atoms with Crippen LogP contribution in [0.1, 0.15) is 33.4 Å². The molecule has 190 valence electrons. The first-order chi connectivity index (χ1) is 19.7. The molecule has 0 spiro atoms. The monoisotopic (exact) mass is 514 g/mol. The summed E-state index contributed by atoms with van der Waals surface area (Å²) in [5.41, 5.74) is 8.84. The predicted molar refractivity (Wildman–Crippen MR) is 163 cm³/mol. The van der Waals surface area contributed by atoms with Crippen LogP contribution in [0.5, 0.6) is 5.75 Å². The van der Waals surface area contributed by atoms with E-state index in [1.165, 1.54) is 0 Å². The molecule has 6 rings (SSSR count). The SMILES string of the molecule is COc1ccc(C2=C(c3ccccc3)C(=O)C(c3ccccc3)=C2c2ccc(C#Cc3ccccc3)cc2)cc1. The van der Waals surface area contributed by atoms with Gasteiger partial charge in [-0.1, -0.05) is 115 Å². The molecule has 0 bridgehead atoms. The van der Waals surface area contributed by atoms with Gasteiger partial charge in [0.1, 0.15) is 5.75 Å². The number of allylic oxidation sites excluding steroid dienone is 4. The number of ketones is 1. The number of Topliss-reactive ketones (excluding diaryl/α,β-unsaturated/α-hetero) is 1. The fraction of sp³-hybridized carbons (Fsp3) is 0.0263. The van der Waals surface area contributed by atoms with Crippen molar-refractivity contribution in [2.45, 2.75) is 0 Å². The Hall–Kier alpha value is -5.39. The van der Waals surface area contributed by atoms with Crippen molar-refractivity contribution in [2.75, 3.05) is 7.11 Å². The first kappa shape index (κ1) is 24.9. The zero-order valence-electron chi connectivity index (χ0n) is 22.1. The van der Waals surface area contributed by atoms with Gasteiger partial charge < -0.3 is 4.74 Å². The number of carbonyl (C=O) groups is 1. The lowest BCUT2D eigenvalue weighted by Gasteiger charge is -2.14. The second-order valence-electron chi connectivity index (χ2n) is 9.48. The van der Waals surface area contributed by atoms with E-state index in [-0.39, 0.29) is 5.78 Å². The van der Waals surface area contributed by atoms with Gasteiger partial charge in [0, 0.05) is 33.4 Å². The topological polar surface area (TPSA) is 26.3 Å². The Balaban J connectivity index is 1.55. The Morgan fingerprint density at radius 3 is 1.25 bits per heavy atom. The quantitative estimate of drug-likeness (QED) is 0.221. The minimum atomic E-state index is 0.0196. The van der Waals surface area contributed by atoms with Gasteiger partial charge in [0.25, 0.3) is 0 Å². The summed E-state index contributed by atoms with van der Waals surface area (Å²) in [5.74, 6) is 7.28. The summed E-state index contributed by atoms with van der Waals surface area (Å²) in [7, 11) is 1.66. The van der Waals surface area contributed by atoms with Crippen LogP contribution in [0.25, 0.3) is 22.3 Å². The Labute approximate surface area is 234 Å². The summed E-state index contributed by atoms with van der Waals surface area (Å²) < 4.78 is 5.43. The number of methoxy groups -OCH3 is 1. The summed E-state index contributed by atoms with van der Waals surface area (Å²) in [6, 6.07) is 45.9. The lowest BCUT2D eigenvalue weighted by Crippen LogP contribution is -2.01. The van der Waals surface area contributed by atoms with Crippen molar-refractivity contribution < 1.29 is 9.53 Å². The number of hydrogen-bond acceptors (Lipinski definition) is 2. The second-order valence-corrected chi connectivity index (χ2v) is 9.48. The zero-order valence-corrected chi connectivity index (χ0v) is 22.1. The molecule has 1 aliphatic carbocycles. The highest BCUT2D eigenvalue weighted by Crippen LogP contribution is 2.49. The number of carbonyl (C=O) groups excluding carboxylic acids is 1. The molecule has 0 radical (unpaired) electrons. The number of hydrogen-bond donors (Lipinski definition) is 0. The van der Waals surface area contributed by atoms with Crippen molar-refractivity contribution in [3.63, 3.8) is 0 Å². The highest BCUT2D eigenvalue weighted by molar-refractivity contribution is 6.59. The van der Waals surface area contributed by atoms with Gasteiger partial charge in [-0.2, -0.15) is 0 Å². The molecule has 1 aliphatic rings. The Morgan fingerprint density at radius 1 is 0.425 bits per heavy atom. The highest BCUT2D eigenvalue weighted by atomic mass is 16.5. The number of benzene rings is 5. The average Bonchev–Trinajstić information content (AvgIpc) is 3.34. The first-order valence-electron chi connectivity index (χ1n) is 13.2. The van der Waals surface area contributed by atoms with Gasteiger partial charge in [-0.3, -0.25) is 4.79 Å². The lowest BCUT2D eigenvalue weighted by atomic mass is 9.89. The van der Waals surface area contributed by atoms with Gasteiger partial charge in [-0.05, 0) is 58.7 Å². The van der Waals surface area contributed by atoms with E-state index in [2.05, 4.69) is 24.0 Å². The number of ether oxygens (including phenoxy) is 1. The van der Waals surface area contributed by atoms with Crippen molar-refractivity contribution in [2.24, 2.45) is 0 Å². The van der Waals surface area contributed by atoms with Crippen molar-refractivity contribution in [3.8, 4) is 17.6 Å². The van der Waals surface area contributed by atoms with Gasteiger partial charge >= 0.3 is 0 Å². The molecular weight excluding hydrogens is 488 g/mol. The molecule has 0 aromatic heterocycles. The van der Waals surface area contributed by atoms with Crippen LogP contribution in [0, 0.1) is 11.8 Å². The Kier molecular flexibility index (Phi) is 6.95. The summed E-state index contributed by atoms with van der Waals surface area (Å²) in [6.45, 7) is 0. The van der Waals surface area contributed by atoms with Crippen molar-refractivity contribution in [3.05, 3.63) is 173 Å². The molecule has 0 aliphatic heterocycles. The standard InChI is InChI=1S/C38H26O2/c1-40-33-25-23-32(24-26-33)35-34(31-21-19-28(20-22-31)18-17-27-11-5-2-6-12-27)36(29-13-7-3-8-14-29)38(39)37(35)30-15-9-4-10-16-30/h2-16,19-26H,1H3. The van der Waals surface area contributed by atoms with Crippen molar-refractivity contribution in [1.29, 1.82) is 0 Å². The van der Waals surface area contributed by atoms with E-state index in [1.54, 1.807) is 7.11 Å². The molecule has 0 saturated heterocycles. The van der Waals surface area contributed by atoms with Crippen LogP contribution in [-0.2, 0) is 4.79 Å². The summed E-state index contributed by atoms with van der Waals surface area (Å²) in [5, 5.41) is 0. The van der Waals surface area contributed by atoms with Crippen LogP contribution in [-0.4, -0.2) is 12.9 Å². The van der Waals surface area contributed by atoms with E-state index in [1.807, 2.05) is 127 Å². The Bertz CT molecular complexity index is 1780. The molecule has 40 heavy (non-hydrogen) atoms. The normalized spacial score (nSPS) is 12.8. The first-order valence-corrected chi connectivity index (χ1v) is 13.2. The predicted octanol–water partition coefficient (Wildman–Crippen LogP) is 8.20. The van der Waals surface area contributed by atoms with Crippen molar-refractivity contribution in [1.82, 2.24) is 0 Å². The molecule has 0 amide bonds. The van der Waals surface area contributed by atoms with Crippen LogP contribution >= 0.6 is 0 Å². The molecule has 0 saturated carbocycles. The van der Waals surface area contributed by atoms with Gasteiger partial charge in [-0.15, -0.1) is 0 Å². The molecule has 2 nitrogen and oxygen atoms in total. The van der Waals surface area contributed by atoms with Crippen molar-refractivity contribution >= 4 is 28.1 Å². The van der Waals surface area contributed by atoms with E-state index in [0.717, 1.165) is 50.3 Å². The molecule has 5 aromatic carbocycles.